The van der Waals surface area contributed by atoms with Gasteiger partial charge >= 0.3 is 0 Å². The van der Waals surface area contributed by atoms with Crippen molar-refractivity contribution >= 4 is 11.8 Å². The van der Waals surface area contributed by atoms with Crippen molar-refractivity contribution < 1.29 is 9.47 Å². The number of piperidine rings is 3. The molecule has 0 aliphatic carbocycles. The largest absolute Gasteiger partial charge is 0.493 e. The first-order chi connectivity index (χ1) is 10.3. The third-order valence-electron chi connectivity index (χ3n) is 4.33. The van der Waals surface area contributed by atoms with Crippen LogP contribution in [-0.4, -0.2) is 37.9 Å². The van der Waals surface area contributed by atoms with E-state index in [9.17, 15) is 0 Å². The molecule has 3 saturated heterocycles. The minimum Gasteiger partial charge on any atom is -0.493 e. The first kappa shape index (κ1) is 13.8. The minimum absolute atomic E-state index is 0.506. The number of nitrogens with zero attached hydrogens (tertiary/aromatic N) is 2. The molecule has 21 heavy (non-hydrogen) atoms. The van der Waals surface area contributed by atoms with E-state index in [0.29, 0.717) is 5.92 Å². The van der Waals surface area contributed by atoms with Gasteiger partial charge in [0.15, 0.2) is 11.5 Å². The lowest BCUT2D eigenvalue weighted by atomic mass is 9.83. The molecule has 0 radical (unpaired) electrons. The predicted molar refractivity (Wildman–Crippen MR) is 83.4 cm³/mol. The van der Waals surface area contributed by atoms with E-state index in [2.05, 4.69) is 16.1 Å². The zero-order valence-electron chi connectivity index (χ0n) is 12.5. The molecular weight excluding hydrogens is 266 g/mol. The lowest BCUT2D eigenvalue weighted by Crippen LogP contribution is -2.46. The Labute approximate surface area is 125 Å². The van der Waals surface area contributed by atoms with Gasteiger partial charge in [-0.3, -0.25) is 0 Å². The summed E-state index contributed by atoms with van der Waals surface area (Å²) >= 11 is 0. The van der Waals surface area contributed by atoms with Crippen LogP contribution in [0.1, 0.15) is 18.4 Å². The highest BCUT2D eigenvalue weighted by atomic mass is 16.5. The van der Waals surface area contributed by atoms with E-state index >= 15 is 0 Å². The Morgan fingerprint density at radius 3 is 2.52 bits per heavy atom. The van der Waals surface area contributed by atoms with Crippen LogP contribution in [0.25, 0.3) is 6.08 Å². The van der Waals surface area contributed by atoms with Crippen LogP contribution in [0.2, 0.25) is 0 Å². The number of nitrogens with two attached hydrogens (primary N) is 1. The van der Waals surface area contributed by atoms with Gasteiger partial charge in [-0.05, 0) is 36.6 Å². The Balaban J connectivity index is 1.97. The molecule has 1 aromatic carbocycles. The van der Waals surface area contributed by atoms with E-state index in [1.807, 2.05) is 18.2 Å². The maximum Gasteiger partial charge on any atom is 0.161 e. The molecule has 0 atom stereocenters. The molecule has 2 N–H and O–H groups in total. The number of hydrogen-bond donors (Lipinski definition) is 1. The quantitative estimate of drug-likeness (QED) is 0.683. The zero-order chi connectivity index (χ0) is 14.8. The van der Waals surface area contributed by atoms with E-state index in [4.69, 9.17) is 15.3 Å². The van der Waals surface area contributed by atoms with Crippen molar-refractivity contribution in [2.75, 3.05) is 27.3 Å². The van der Waals surface area contributed by atoms with E-state index in [-0.39, 0.29) is 0 Å². The molecule has 5 heteroatoms. The van der Waals surface area contributed by atoms with Gasteiger partial charge in [-0.1, -0.05) is 6.07 Å². The molecule has 0 unspecified atom stereocenters. The molecule has 0 amide bonds. The monoisotopic (exact) mass is 287 g/mol. The first-order valence-electron chi connectivity index (χ1n) is 7.23. The van der Waals surface area contributed by atoms with Gasteiger partial charge in [-0.25, -0.2) is 0 Å². The van der Waals surface area contributed by atoms with Gasteiger partial charge in [0.25, 0.3) is 0 Å². The van der Waals surface area contributed by atoms with Crippen LogP contribution in [0, 0.1) is 5.92 Å². The molecule has 112 valence electrons. The maximum atomic E-state index is 5.61. The number of hydrazone groups is 1. The van der Waals surface area contributed by atoms with Gasteiger partial charge in [0.1, 0.15) is 0 Å². The van der Waals surface area contributed by atoms with Crippen molar-refractivity contribution in [2.45, 2.75) is 12.8 Å². The second-order valence-corrected chi connectivity index (χ2v) is 5.42. The van der Waals surface area contributed by atoms with Crippen LogP contribution < -0.4 is 15.3 Å². The maximum absolute atomic E-state index is 5.61. The first-order valence-corrected chi connectivity index (χ1v) is 7.23. The summed E-state index contributed by atoms with van der Waals surface area (Å²) in [6, 6.07) is 5.91. The highest BCUT2D eigenvalue weighted by Crippen LogP contribution is 2.34. The Hall–Kier alpha value is -2.17. The summed E-state index contributed by atoms with van der Waals surface area (Å²) in [4.78, 5) is 2.36. The lowest BCUT2D eigenvalue weighted by Gasteiger charge is -2.43. The highest BCUT2D eigenvalue weighted by Gasteiger charge is 2.34. The number of ether oxygens (including phenoxy) is 2. The summed E-state index contributed by atoms with van der Waals surface area (Å²) in [5, 5.41) is 4.03. The van der Waals surface area contributed by atoms with Crippen molar-refractivity contribution in [1.29, 1.82) is 0 Å². The second kappa shape index (κ2) is 5.68. The molecule has 0 spiro atoms. The summed E-state index contributed by atoms with van der Waals surface area (Å²) in [5.74, 6) is 7.58. The summed E-state index contributed by atoms with van der Waals surface area (Å²) in [6.07, 6.45) is 4.44. The molecule has 3 aliphatic heterocycles. The van der Waals surface area contributed by atoms with Gasteiger partial charge in [-0.15, -0.1) is 0 Å². The highest BCUT2D eigenvalue weighted by molar-refractivity contribution is 6.05. The van der Waals surface area contributed by atoms with Gasteiger partial charge < -0.3 is 20.2 Å². The van der Waals surface area contributed by atoms with Crippen LogP contribution in [0.15, 0.2) is 29.0 Å². The van der Waals surface area contributed by atoms with E-state index < -0.39 is 0 Å². The Kier molecular flexibility index (Phi) is 3.73. The van der Waals surface area contributed by atoms with Gasteiger partial charge in [0.05, 0.1) is 25.6 Å². The fourth-order valence-corrected chi connectivity index (χ4v) is 3.20. The number of hydrogen-bond acceptors (Lipinski definition) is 5. The molecule has 3 aliphatic rings. The second-order valence-electron chi connectivity index (χ2n) is 5.42. The third kappa shape index (κ3) is 2.44. The van der Waals surface area contributed by atoms with Crippen LogP contribution >= 0.6 is 0 Å². The summed E-state index contributed by atoms with van der Waals surface area (Å²) < 4.78 is 10.6. The van der Waals surface area contributed by atoms with E-state index in [1.54, 1.807) is 14.2 Å². The topological polar surface area (TPSA) is 60.1 Å². The number of allylic oxidation sites excluding steroid dienone is 1. The zero-order valence-corrected chi connectivity index (χ0v) is 12.5. The number of benzene rings is 1. The SMILES string of the molecule is COc1ccc(/C=C2/C(=NN)C3CCN2CC3)cc1OC. The third-order valence-corrected chi connectivity index (χ3v) is 4.33. The molecule has 0 saturated carbocycles. The molecule has 3 fully saturated rings. The minimum atomic E-state index is 0.506. The smallest absolute Gasteiger partial charge is 0.161 e. The average Bonchev–Trinajstić information content (AvgIpc) is 2.55. The van der Waals surface area contributed by atoms with Crippen molar-refractivity contribution in [2.24, 2.45) is 16.9 Å². The summed E-state index contributed by atoms with van der Waals surface area (Å²) in [6.45, 7) is 2.17. The molecular formula is C16H21N3O2. The van der Waals surface area contributed by atoms with E-state index in [0.717, 1.165) is 54.4 Å². The fourth-order valence-electron chi connectivity index (χ4n) is 3.20. The van der Waals surface area contributed by atoms with Crippen LogP contribution in [0.4, 0.5) is 0 Å². The Morgan fingerprint density at radius 2 is 1.90 bits per heavy atom. The normalized spacial score (nSPS) is 22.1. The van der Waals surface area contributed by atoms with Crippen LogP contribution in [0.3, 0.4) is 0 Å². The predicted octanol–water partition coefficient (Wildman–Crippen LogP) is 2.08. The Morgan fingerprint density at radius 1 is 1.19 bits per heavy atom. The van der Waals surface area contributed by atoms with Crippen molar-refractivity contribution in [1.82, 2.24) is 4.90 Å². The van der Waals surface area contributed by atoms with Gasteiger partial charge in [0.2, 0.25) is 0 Å². The molecule has 5 nitrogen and oxygen atoms in total. The summed E-state index contributed by atoms with van der Waals surface area (Å²) in [5.41, 5.74) is 3.24. The van der Waals surface area contributed by atoms with Crippen molar-refractivity contribution in [3.63, 3.8) is 0 Å². The molecule has 4 rings (SSSR count). The van der Waals surface area contributed by atoms with E-state index in [1.165, 1.54) is 0 Å². The summed E-state index contributed by atoms with van der Waals surface area (Å²) in [7, 11) is 3.29. The average molecular weight is 287 g/mol. The lowest BCUT2D eigenvalue weighted by molar-refractivity contribution is 0.242. The number of rotatable bonds is 3. The Bertz CT molecular complexity index is 587. The molecule has 3 heterocycles. The standard InChI is InChI=1S/C16H21N3O2/c1-20-14-4-3-11(10-15(14)21-2)9-13-16(18-17)12-5-7-19(13)8-6-12/h3-4,9-10,12H,5-8,17H2,1-2H3/b13-9-,18-16?. The van der Waals surface area contributed by atoms with Crippen molar-refractivity contribution in [3.8, 4) is 11.5 Å². The van der Waals surface area contributed by atoms with Crippen LogP contribution in [0.5, 0.6) is 11.5 Å². The molecule has 1 aromatic rings. The van der Waals surface area contributed by atoms with Crippen LogP contribution in [-0.2, 0) is 0 Å². The molecule has 0 aromatic heterocycles. The molecule has 2 bridgehead atoms. The van der Waals surface area contributed by atoms with Gasteiger partial charge in [0, 0.05) is 19.0 Å². The fraction of sp³-hybridized carbons (Fsp3) is 0.438. The van der Waals surface area contributed by atoms with Crippen molar-refractivity contribution in [3.05, 3.63) is 29.5 Å². The number of fused-ring (bicyclic) bond motifs is 3. The number of methoxy groups -OCH3 is 2. The van der Waals surface area contributed by atoms with Gasteiger partial charge in [-0.2, -0.15) is 5.10 Å².